The molecule has 0 aliphatic carbocycles. The van der Waals surface area contributed by atoms with Crippen molar-refractivity contribution in [1.29, 1.82) is 0 Å². The number of amides is 1. The van der Waals surface area contributed by atoms with Crippen LogP contribution in [0, 0.1) is 6.92 Å². The van der Waals surface area contributed by atoms with Crippen LogP contribution in [0.4, 0.5) is 0 Å². The van der Waals surface area contributed by atoms with Gasteiger partial charge in [-0.1, -0.05) is 0 Å². The van der Waals surface area contributed by atoms with Gasteiger partial charge in [0.05, 0.1) is 12.2 Å². The van der Waals surface area contributed by atoms with Gasteiger partial charge in [-0.05, 0) is 26.0 Å². The second-order valence-corrected chi connectivity index (χ2v) is 4.74. The Balaban J connectivity index is 2.16. The third kappa shape index (κ3) is 3.07. The van der Waals surface area contributed by atoms with Gasteiger partial charge in [0.2, 0.25) is 0 Å². The number of nitrogens with zero attached hydrogens (tertiary/aromatic N) is 3. The SMILES string of the molecule is Cc1c(C(C)NC(=O)c2ccnc(C(=O)O)c2)cnn1C. The van der Waals surface area contributed by atoms with E-state index < -0.39 is 5.97 Å². The Kier molecular flexibility index (Phi) is 4.02. The van der Waals surface area contributed by atoms with E-state index >= 15 is 0 Å². The number of aromatic nitrogens is 3. The highest BCUT2D eigenvalue weighted by atomic mass is 16.4. The maximum Gasteiger partial charge on any atom is 0.354 e. The number of aromatic carboxylic acids is 1. The van der Waals surface area contributed by atoms with Gasteiger partial charge in [-0.2, -0.15) is 5.10 Å². The van der Waals surface area contributed by atoms with Crippen LogP contribution in [0.25, 0.3) is 0 Å². The van der Waals surface area contributed by atoms with E-state index in [0.29, 0.717) is 0 Å². The number of nitrogens with one attached hydrogen (secondary N) is 1. The molecule has 2 heterocycles. The largest absolute Gasteiger partial charge is 0.477 e. The van der Waals surface area contributed by atoms with E-state index in [-0.39, 0.29) is 23.2 Å². The number of pyridine rings is 1. The third-order valence-corrected chi connectivity index (χ3v) is 3.33. The van der Waals surface area contributed by atoms with Crippen molar-refractivity contribution in [3.05, 3.63) is 47.0 Å². The van der Waals surface area contributed by atoms with Gasteiger partial charge in [-0.25, -0.2) is 9.78 Å². The van der Waals surface area contributed by atoms with Gasteiger partial charge in [0.15, 0.2) is 0 Å². The summed E-state index contributed by atoms with van der Waals surface area (Å²) >= 11 is 0. The molecular weight excluding hydrogens is 272 g/mol. The number of hydrogen-bond acceptors (Lipinski definition) is 4. The Hall–Kier alpha value is -2.70. The Morgan fingerprint density at radius 1 is 1.43 bits per heavy atom. The summed E-state index contributed by atoms with van der Waals surface area (Å²) in [7, 11) is 1.83. The van der Waals surface area contributed by atoms with Gasteiger partial charge in [-0.3, -0.25) is 9.48 Å². The smallest absolute Gasteiger partial charge is 0.354 e. The van der Waals surface area contributed by atoms with Gasteiger partial charge in [-0.15, -0.1) is 0 Å². The van der Waals surface area contributed by atoms with Crippen molar-refractivity contribution < 1.29 is 14.7 Å². The fourth-order valence-electron chi connectivity index (χ4n) is 1.99. The summed E-state index contributed by atoms with van der Waals surface area (Å²) in [5.74, 6) is -1.52. The number of aryl methyl sites for hydroxylation is 1. The molecular formula is C14H16N4O3. The minimum atomic E-state index is -1.17. The molecule has 0 aliphatic heterocycles. The normalized spacial score (nSPS) is 12.0. The summed E-state index contributed by atoms with van der Waals surface area (Å²) in [4.78, 5) is 26.7. The molecule has 0 fully saturated rings. The predicted molar refractivity (Wildman–Crippen MR) is 75.0 cm³/mol. The average Bonchev–Trinajstić information content (AvgIpc) is 2.79. The Morgan fingerprint density at radius 2 is 2.14 bits per heavy atom. The van der Waals surface area contributed by atoms with E-state index in [1.165, 1.54) is 18.3 Å². The van der Waals surface area contributed by atoms with Crippen LogP contribution in [0.3, 0.4) is 0 Å². The number of carboxylic acids is 1. The Labute approximate surface area is 121 Å². The molecule has 2 N–H and O–H groups in total. The molecule has 110 valence electrons. The first-order valence-electron chi connectivity index (χ1n) is 6.39. The zero-order valence-electron chi connectivity index (χ0n) is 12.0. The van der Waals surface area contributed by atoms with Gasteiger partial charge < -0.3 is 10.4 Å². The van der Waals surface area contributed by atoms with E-state index in [4.69, 9.17) is 5.11 Å². The lowest BCUT2D eigenvalue weighted by atomic mass is 10.1. The Morgan fingerprint density at radius 3 is 2.71 bits per heavy atom. The first-order chi connectivity index (χ1) is 9.90. The van der Waals surface area contributed by atoms with E-state index in [2.05, 4.69) is 15.4 Å². The summed E-state index contributed by atoms with van der Waals surface area (Å²) in [6, 6.07) is 2.50. The van der Waals surface area contributed by atoms with Gasteiger partial charge in [0.25, 0.3) is 5.91 Å². The second-order valence-electron chi connectivity index (χ2n) is 4.74. The summed E-state index contributed by atoms with van der Waals surface area (Å²) in [5, 5.41) is 15.8. The maximum atomic E-state index is 12.2. The first-order valence-corrected chi connectivity index (χ1v) is 6.39. The molecule has 1 atom stereocenters. The van der Waals surface area contributed by atoms with Gasteiger partial charge >= 0.3 is 5.97 Å². The lowest BCUT2D eigenvalue weighted by Crippen LogP contribution is -2.27. The number of carboxylic acid groups (broad SMARTS) is 1. The summed E-state index contributed by atoms with van der Waals surface area (Å²) in [6.45, 7) is 3.77. The minimum Gasteiger partial charge on any atom is -0.477 e. The standard InChI is InChI=1S/C14H16N4O3/c1-8(11-7-16-18(3)9(11)2)17-13(19)10-4-5-15-12(6-10)14(20)21/h4-8H,1-3H3,(H,17,19)(H,20,21). The van der Waals surface area contributed by atoms with Gasteiger partial charge in [0.1, 0.15) is 5.69 Å². The van der Waals surface area contributed by atoms with Crippen molar-refractivity contribution in [3.63, 3.8) is 0 Å². The highest BCUT2D eigenvalue weighted by Crippen LogP contribution is 2.16. The number of hydrogen-bond donors (Lipinski definition) is 2. The zero-order chi connectivity index (χ0) is 15.6. The topological polar surface area (TPSA) is 97.1 Å². The molecule has 0 spiro atoms. The van der Waals surface area contributed by atoms with Crippen LogP contribution >= 0.6 is 0 Å². The van der Waals surface area contributed by atoms with Crippen molar-refractivity contribution in [2.24, 2.45) is 7.05 Å². The monoisotopic (exact) mass is 288 g/mol. The van der Waals surface area contributed by atoms with Crippen molar-refractivity contribution in [3.8, 4) is 0 Å². The van der Waals surface area contributed by atoms with E-state index in [0.717, 1.165) is 11.3 Å². The third-order valence-electron chi connectivity index (χ3n) is 3.33. The quantitative estimate of drug-likeness (QED) is 0.884. The fourth-order valence-corrected chi connectivity index (χ4v) is 1.99. The van der Waals surface area contributed by atoms with Crippen LogP contribution < -0.4 is 5.32 Å². The molecule has 0 saturated carbocycles. The molecule has 7 heteroatoms. The molecule has 7 nitrogen and oxygen atoms in total. The molecule has 0 bridgehead atoms. The molecule has 0 radical (unpaired) electrons. The van der Waals surface area contributed by atoms with Crippen LogP contribution in [-0.4, -0.2) is 31.7 Å². The summed E-state index contributed by atoms with van der Waals surface area (Å²) in [6.07, 6.45) is 3.01. The molecule has 0 aliphatic rings. The fraction of sp³-hybridized carbons (Fsp3) is 0.286. The number of rotatable bonds is 4. The molecule has 2 aromatic heterocycles. The van der Waals surface area contributed by atoms with E-state index in [9.17, 15) is 9.59 Å². The van der Waals surface area contributed by atoms with Crippen molar-refractivity contribution in [2.75, 3.05) is 0 Å². The molecule has 0 aromatic carbocycles. The summed E-state index contributed by atoms with van der Waals surface area (Å²) in [5.41, 5.74) is 1.98. The van der Waals surface area contributed by atoms with Crippen molar-refractivity contribution in [1.82, 2.24) is 20.1 Å². The molecule has 2 aromatic rings. The van der Waals surface area contributed by atoms with Crippen LogP contribution in [-0.2, 0) is 7.05 Å². The predicted octanol–water partition coefficient (Wildman–Crippen LogP) is 1.31. The van der Waals surface area contributed by atoms with Crippen molar-refractivity contribution >= 4 is 11.9 Å². The highest BCUT2D eigenvalue weighted by Gasteiger charge is 2.16. The lowest BCUT2D eigenvalue weighted by molar-refractivity contribution is 0.0690. The van der Waals surface area contributed by atoms with Crippen molar-refractivity contribution in [2.45, 2.75) is 19.9 Å². The molecule has 2 rings (SSSR count). The van der Waals surface area contributed by atoms with Crippen LogP contribution in [0.1, 0.15) is 45.1 Å². The number of carbonyl (C=O) groups excluding carboxylic acids is 1. The maximum absolute atomic E-state index is 12.2. The van der Waals surface area contributed by atoms with Crippen LogP contribution in [0.2, 0.25) is 0 Å². The van der Waals surface area contributed by atoms with Gasteiger partial charge in [0, 0.05) is 30.1 Å². The second kappa shape index (κ2) is 5.74. The molecule has 1 amide bonds. The Bertz CT molecular complexity index is 693. The average molecular weight is 288 g/mol. The minimum absolute atomic E-state index is 0.159. The van der Waals surface area contributed by atoms with E-state index in [1.807, 2.05) is 20.9 Å². The van der Waals surface area contributed by atoms with E-state index in [1.54, 1.807) is 10.9 Å². The molecule has 0 saturated heterocycles. The van der Waals surface area contributed by atoms with Crippen LogP contribution in [0.5, 0.6) is 0 Å². The van der Waals surface area contributed by atoms with Crippen LogP contribution in [0.15, 0.2) is 24.5 Å². The number of carbonyl (C=O) groups is 2. The lowest BCUT2D eigenvalue weighted by Gasteiger charge is -2.14. The first kappa shape index (κ1) is 14.7. The highest BCUT2D eigenvalue weighted by molar-refractivity contribution is 5.96. The molecule has 21 heavy (non-hydrogen) atoms. The summed E-state index contributed by atoms with van der Waals surface area (Å²) < 4.78 is 1.73. The zero-order valence-corrected chi connectivity index (χ0v) is 12.0. The molecule has 1 unspecified atom stereocenters.